The van der Waals surface area contributed by atoms with Crippen LogP contribution in [0.15, 0.2) is 16.5 Å². The number of piperidine rings is 1. The lowest BCUT2D eigenvalue weighted by molar-refractivity contribution is 0.00578. The van der Waals surface area contributed by atoms with Gasteiger partial charge in [-0.25, -0.2) is 4.39 Å². The second-order valence-corrected chi connectivity index (χ2v) is 10.4. The predicted molar refractivity (Wildman–Crippen MR) is 116 cm³/mol. The summed E-state index contributed by atoms with van der Waals surface area (Å²) in [5.41, 5.74) is 0.712. The van der Waals surface area contributed by atoms with Gasteiger partial charge in [0.2, 0.25) is 0 Å². The quantitative estimate of drug-likeness (QED) is 0.703. The van der Waals surface area contributed by atoms with Crippen LogP contribution in [0.2, 0.25) is 0 Å². The SMILES string of the molecule is CN1CCC2(CC1)CCN(c1nc3c(F)cc(B4OC(C)(C)C(C)(C)O4)cc3o1)C2. The molecule has 5 rings (SSSR count). The zero-order valence-electron chi connectivity index (χ0n) is 18.6. The van der Waals surface area contributed by atoms with Crippen molar-refractivity contribution in [2.24, 2.45) is 5.41 Å². The van der Waals surface area contributed by atoms with Crippen molar-refractivity contribution in [2.75, 3.05) is 38.1 Å². The summed E-state index contributed by atoms with van der Waals surface area (Å²) in [5, 5.41) is 0. The maximum Gasteiger partial charge on any atom is 0.495 e. The average Bonchev–Trinajstić information content (AvgIpc) is 3.33. The van der Waals surface area contributed by atoms with Gasteiger partial charge in [0.15, 0.2) is 11.4 Å². The van der Waals surface area contributed by atoms with E-state index in [2.05, 4.69) is 21.8 Å². The summed E-state index contributed by atoms with van der Waals surface area (Å²) in [6.07, 6.45) is 3.53. The van der Waals surface area contributed by atoms with Gasteiger partial charge in [-0.05, 0) is 90.1 Å². The summed E-state index contributed by atoms with van der Waals surface area (Å²) in [7, 11) is 1.55. The molecular weight excluding hydrogens is 384 g/mol. The molecule has 3 aliphatic rings. The third-order valence-corrected chi connectivity index (χ3v) is 7.74. The van der Waals surface area contributed by atoms with E-state index in [0.717, 1.165) is 32.6 Å². The molecule has 162 valence electrons. The Hall–Kier alpha value is -1.64. The van der Waals surface area contributed by atoms with Gasteiger partial charge in [0.25, 0.3) is 6.01 Å². The molecule has 0 bridgehead atoms. The first kappa shape index (κ1) is 20.3. The normalized spacial score (nSPS) is 25.7. The summed E-state index contributed by atoms with van der Waals surface area (Å²) in [4.78, 5) is 9.07. The number of aromatic nitrogens is 1. The molecule has 4 heterocycles. The lowest BCUT2D eigenvalue weighted by Gasteiger charge is -2.37. The number of rotatable bonds is 2. The molecule has 0 unspecified atom stereocenters. The lowest BCUT2D eigenvalue weighted by atomic mass is 9.78. The molecule has 1 aromatic heterocycles. The van der Waals surface area contributed by atoms with E-state index < -0.39 is 24.1 Å². The number of fused-ring (bicyclic) bond motifs is 1. The van der Waals surface area contributed by atoms with Gasteiger partial charge in [-0.1, -0.05) is 0 Å². The molecule has 0 amide bonds. The van der Waals surface area contributed by atoms with Crippen LogP contribution in [-0.2, 0) is 9.31 Å². The Kier molecular flexibility index (Phi) is 4.51. The number of hydrogen-bond donors (Lipinski definition) is 0. The number of benzene rings is 1. The van der Waals surface area contributed by atoms with E-state index in [1.165, 1.54) is 18.9 Å². The first-order valence-electron chi connectivity index (χ1n) is 11.0. The van der Waals surface area contributed by atoms with Gasteiger partial charge in [-0.2, -0.15) is 4.98 Å². The molecule has 0 N–H and O–H groups in total. The standard InChI is InChI=1S/C22H31BFN3O3/c1-20(2)21(3,4)30-23(29-20)15-12-16(24)18-17(13-15)28-19(25-18)27-11-8-22(14-27)6-9-26(5)10-7-22/h12-13H,6-11,14H2,1-5H3. The minimum absolute atomic E-state index is 0.273. The largest absolute Gasteiger partial charge is 0.495 e. The van der Waals surface area contributed by atoms with Crippen molar-refractivity contribution in [3.63, 3.8) is 0 Å². The second kappa shape index (κ2) is 6.68. The van der Waals surface area contributed by atoms with Gasteiger partial charge in [-0.3, -0.25) is 0 Å². The summed E-state index contributed by atoms with van der Waals surface area (Å²) >= 11 is 0. The van der Waals surface area contributed by atoms with E-state index in [1.807, 2.05) is 27.7 Å². The van der Waals surface area contributed by atoms with Crippen molar-refractivity contribution < 1.29 is 18.1 Å². The first-order valence-corrected chi connectivity index (χ1v) is 11.0. The van der Waals surface area contributed by atoms with E-state index >= 15 is 0 Å². The van der Waals surface area contributed by atoms with Crippen molar-refractivity contribution in [3.8, 4) is 0 Å². The summed E-state index contributed by atoms with van der Waals surface area (Å²) < 4.78 is 33.1. The molecule has 3 fully saturated rings. The van der Waals surface area contributed by atoms with Gasteiger partial charge < -0.3 is 23.5 Å². The third kappa shape index (κ3) is 3.24. The van der Waals surface area contributed by atoms with E-state index in [9.17, 15) is 4.39 Å². The fourth-order valence-corrected chi connectivity index (χ4v) is 4.85. The molecule has 2 aromatic rings. The molecule has 0 aliphatic carbocycles. The molecule has 1 spiro atoms. The zero-order valence-corrected chi connectivity index (χ0v) is 18.6. The van der Waals surface area contributed by atoms with E-state index in [1.54, 1.807) is 6.07 Å². The Morgan fingerprint density at radius 2 is 1.63 bits per heavy atom. The zero-order chi connectivity index (χ0) is 21.3. The summed E-state index contributed by atoms with van der Waals surface area (Å²) in [5.74, 6) is -0.402. The molecule has 0 radical (unpaired) electrons. The topological polar surface area (TPSA) is 51.0 Å². The van der Waals surface area contributed by atoms with Crippen molar-refractivity contribution >= 4 is 29.7 Å². The van der Waals surface area contributed by atoms with Gasteiger partial charge in [0.05, 0.1) is 11.2 Å². The monoisotopic (exact) mass is 415 g/mol. The molecule has 1 aromatic carbocycles. The lowest BCUT2D eigenvalue weighted by Crippen LogP contribution is -2.41. The van der Waals surface area contributed by atoms with Crippen LogP contribution in [0.5, 0.6) is 0 Å². The number of anilines is 1. The Morgan fingerprint density at radius 1 is 1.00 bits per heavy atom. The molecule has 30 heavy (non-hydrogen) atoms. The molecule has 3 saturated heterocycles. The first-order chi connectivity index (χ1) is 14.1. The van der Waals surface area contributed by atoms with Gasteiger partial charge in [-0.15, -0.1) is 0 Å². The Labute approximate surface area is 177 Å². The molecule has 8 heteroatoms. The van der Waals surface area contributed by atoms with Crippen molar-refractivity contribution in [2.45, 2.75) is 58.2 Å². The molecule has 0 atom stereocenters. The van der Waals surface area contributed by atoms with Crippen molar-refractivity contribution in [1.82, 2.24) is 9.88 Å². The van der Waals surface area contributed by atoms with E-state index in [0.29, 0.717) is 22.5 Å². The van der Waals surface area contributed by atoms with Crippen LogP contribution in [0.4, 0.5) is 10.4 Å². The van der Waals surface area contributed by atoms with Crippen LogP contribution in [-0.4, -0.2) is 61.4 Å². The molecular formula is C22H31BFN3O3. The van der Waals surface area contributed by atoms with Gasteiger partial charge in [0, 0.05) is 13.1 Å². The van der Waals surface area contributed by atoms with E-state index in [-0.39, 0.29) is 5.52 Å². The minimum Gasteiger partial charge on any atom is -0.423 e. The van der Waals surface area contributed by atoms with Gasteiger partial charge in [0.1, 0.15) is 5.52 Å². The molecule has 3 aliphatic heterocycles. The number of likely N-dealkylation sites (tertiary alicyclic amines) is 1. The number of halogens is 1. The summed E-state index contributed by atoms with van der Waals surface area (Å²) in [6.45, 7) is 12.0. The van der Waals surface area contributed by atoms with Crippen molar-refractivity contribution in [1.29, 1.82) is 0 Å². The summed E-state index contributed by atoms with van der Waals surface area (Å²) in [6, 6.07) is 3.78. The average molecular weight is 415 g/mol. The number of nitrogens with zero attached hydrogens (tertiary/aromatic N) is 3. The van der Waals surface area contributed by atoms with Gasteiger partial charge >= 0.3 is 7.12 Å². The highest BCUT2D eigenvalue weighted by molar-refractivity contribution is 6.62. The van der Waals surface area contributed by atoms with Crippen LogP contribution in [0.3, 0.4) is 0 Å². The van der Waals surface area contributed by atoms with Crippen molar-refractivity contribution in [3.05, 3.63) is 17.9 Å². The maximum atomic E-state index is 14.9. The minimum atomic E-state index is -0.628. The smallest absolute Gasteiger partial charge is 0.423 e. The Morgan fingerprint density at radius 3 is 2.30 bits per heavy atom. The Balaban J connectivity index is 1.40. The highest BCUT2D eigenvalue weighted by atomic mass is 19.1. The second-order valence-electron chi connectivity index (χ2n) is 10.4. The highest BCUT2D eigenvalue weighted by Crippen LogP contribution is 2.42. The number of oxazole rings is 1. The molecule has 0 saturated carbocycles. The molecule has 6 nitrogen and oxygen atoms in total. The predicted octanol–water partition coefficient (Wildman–Crippen LogP) is 3.19. The maximum absolute atomic E-state index is 14.9. The third-order valence-electron chi connectivity index (χ3n) is 7.74. The fraction of sp³-hybridized carbons (Fsp3) is 0.682. The highest BCUT2D eigenvalue weighted by Gasteiger charge is 2.52. The number of hydrogen-bond acceptors (Lipinski definition) is 6. The van der Waals surface area contributed by atoms with Crippen LogP contribution in [0.1, 0.15) is 47.0 Å². The van der Waals surface area contributed by atoms with Crippen LogP contribution >= 0.6 is 0 Å². The Bertz CT molecular complexity index is 952. The van der Waals surface area contributed by atoms with E-state index in [4.69, 9.17) is 13.7 Å². The van der Waals surface area contributed by atoms with Crippen LogP contribution in [0.25, 0.3) is 11.1 Å². The van der Waals surface area contributed by atoms with Crippen LogP contribution in [0, 0.1) is 11.2 Å². The van der Waals surface area contributed by atoms with Crippen LogP contribution < -0.4 is 10.4 Å². The fourth-order valence-electron chi connectivity index (χ4n) is 4.85.